The van der Waals surface area contributed by atoms with E-state index in [1.165, 1.54) is 0 Å². The fourth-order valence-corrected chi connectivity index (χ4v) is 1.38. The Morgan fingerprint density at radius 3 is 3.12 bits per heavy atom. The molecule has 17 heavy (non-hydrogen) atoms. The van der Waals surface area contributed by atoms with Gasteiger partial charge in [0, 0.05) is 25.5 Å². The van der Waals surface area contributed by atoms with E-state index in [1.54, 1.807) is 17.8 Å². The highest BCUT2D eigenvalue weighted by molar-refractivity contribution is 5.69. The van der Waals surface area contributed by atoms with E-state index in [-0.39, 0.29) is 12.4 Å². The van der Waals surface area contributed by atoms with E-state index in [4.69, 9.17) is 4.74 Å². The minimum Gasteiger partial charge on any atom is -0.466 e. The first-order valence-corrected chi connectivity index (χ1v) is 5.74. The topological polar surface area (TPSA) is 76.4 Å². The number of carbonyl (C=O) groups is 1. The summed E-state index contributed by atoms with van der Waals surface area (Å²) < 4.78 is 6.53. The third-order valence-electron chi connectivity index (χ3n) is 2.16. The van der Waals surface area contributed by atoms with Crippen molar-refractivity contribution in [2.24, 2.45) is 0 Å². The van der Waals surface area contributed by atoms with Crippen LogP contribution < -0.4 is 5.32 Å². The lowest BCUT2D eigenvalue weighted by molar-refractivity contribution is -0.145. The van der Waals surface area contributed by atoms with E-state index in [2.05, 4.69) is 10.4 Å². The Kier molecular flexibility index (Phi) is 6.27. The molecule has 0 radical (unpaired) electrons. The molecule has 1 aromatic heterocycles. The summed E-state index contributed by atoms with van der Waals surface area (Å²) in [7, 11) is 0. The highest BCUT2D eigenvalue weighted by atomic mass is 16.5. The highest BCUT2D eigenvalue weighted by Gasteiger charge is 2.10. The van der Waals surface area contributed by atoms with Gasteiger partial charge in [0.1, 0.15) is 0 Å². The molecule has 0 saturated heterocycles. The van der Waals surface area contributed by atoms with Crippen LogP contribution in [-0.2, 0) is 16.1 Å². The van der Waals surface area contributed by atoms with Gasteiger partial charge >= 0.3 is 5.97 Å². The quantitative estimate of drug-likeness (QED) is 0.486. The van der Waals surface area contributed by atoms with Crippen molar-refractivity contribution in [1.82, 2.24) is 15.1 Å². The molecular weight excluding hydrogens is 222 g/mol. The summed E-state index contributed by atoms with van der Waals surface area (Å²) in [5, 5.41) is 16.6. The molecule has 1 aromatic rings. The molecule has 0 aromatic carbocycles. The molecule has 2 N–H and O–H groups in total. The molecule has 1 atom stereocenters. The Labute approximate surface area is 101 Å². The Balaban J connectivity index is 2.04. The predicted molar refractivity (Wildman–Crippen MR) is 62.4 cm³/mol. The lowest BCUT2D eigenvalue weighted by atomic mass is 10.2. The summed E-state index contributed by atoms with van der Waals surface area (Å²) >= 11 is 0. The summed E-state index contributed by atoms with van der Waals surface area (Å²) in [6.07, 6.45) is 2.92. The Morgan fingerprint density at radius 1 is 1.65 bits per heavy atom. The number of hydrogen-bond acceptors (Lipinski definition) is 5. The van der Waals surface area contributed by atoms with Crippen molar-refractivity contribution < 1.29 is 14.6 Å². The van der Waals surface area contributed by atoms with E-state index >= 15 is 0 Å². The second-order valence-corrected chi connectivity index (χ2v) is 3.64. The zero-order chi connectivity index (χ0) is 12.5. The van der Waals surface area contributed by atoms with Crippen LogP contribution in [0.5, 0.6) is 0 Å². The van der Waals surface area contributed by atoms with E-state index < -0.39 is 6.10 Å². The molecule has 6 nitrogen and oxygen atoms in total. The number of carbonyl (C=O) groups excluding carboxylic acids is 1. The number of aromatic nitrogens is 2. The molecule has 0 aliphatic carbocycles. The summed E-state index contributed by atoms with van der Waals surface area (Å²) in [6, 6.07) is 1.86. The number of aliphatic hydroxyl groups excluding tert-OH is 1. The van der Waals surface area contributed by atoms with E-state index in [0.717, 1.165) is 6.54 Å². The largest absolute Gasteiger partial charge is 0.466 e. The van der Waals surface area contributed by atoms with E-state index in [0.29, 0.717) is 19.7 Å². The van der Waals surface area contributed by atoms with Crippen LogP contribution in [0.2, 0.25) is 0 Å². The average Bonchev–Trinajstić information content (AvgIpc) is 2.77. The number of hydrogen-bond donors (Lipinski definition) is 2. The Morgan fingerprint density at radius 2 is 2.47 bits per heavy atom. The zero-order valence-electron chi connectivity index (χ0n) is 10.0. The SMILES string of the molecule is CCOC(=O)CC(O)CNCCn1cccn1. The normalized spacial score (nSPS) is 12.4. The van der Waals surface area contributed by atoms with Crippen molar-refractivity contribution in [3.05, 3.63) is 18.5 Å². The second-order valence-electron chi connectivity index (χ2n) is 3.64. The summed E-state index contributed by atoms with van der Waals surface area (Å²) in [6.45, 7) is 3.89. The van der Waals surface area contributed by atoms with E-state index in [1.807, 2.05) is 12.3 Å². The van der Waals surface area contributed by atoms with Gasteiger partial charge in [-0.3, -0.25) is 9.48 Å². The number of rotatable bonds is 8. The van der Waals surface area contributed by atoms with Crippen molar-refractivity contribution >= 4 is 5.97 Å². The van der Waals surface area contributed by atoms with Gasteiger partial charge in [-0.2, -0.15) is 5.10 Å². The summed E-state index contributed by atoms with van der Waals surface area (Å²) in [4.78, 5) is 11.0. The lowest BCUT2D eigenvalue weighted by Crippen LogP contribution is -2.31. The van der Waals surface area contributed by atoms with Crippen LogP contribution in [0.4, 0.5) is 0 Å². The minimum atomic E-state index is -0.702. The lowest BCUT2D eigenvalue weighted by Gasteiger charge is -2.11. The van der Waals surface area contributed by atoms with Gasteiger partial charge in [0.05, 0.1) is 25.7 Å². The molecule has 0 fully saturated rings. The standard InChI is InChI=1S/C11H19N3O3/c1-2-17-11(16)8-10(15)9-12-5-7-14-6-3-4-13-14/h3-4,6,10,12,15H,2,5,7-9H2,1H3. The van der Waals surface area contributed by atoms with Gasteiger partial charge in [0.2, 0.25) is 0 Å². The van der Waals surface area contributed by atoms with Gasteiger partial charge in [-0.25, -0.2) is 0 Å². The first kappa shape index (κ1) is 13.7. The second kappa shape index (κ2) is 7.81. The maximum Gasteiger partial charge on any atom is 0.308 e. The Hall–Kier alpha value is -1.40. The van der Waals surface area contributed by atoms with Crippen LogP contribution in [-0.4, -0.2) is 46.7 Å². The molecule has 6 heteroatoms. The van der Waals surface area contributed by atoms with E-state index in [9.17, 15) is 9.90 Å². The molecule has 0 saturated carbocycles. The molecule has 0 spiro atoms. The van der Waals surface area contributed by atoms with Crippen molar-refractivity contribution in [1.29, 1.82) is 0 Å². The third kappa shape index (κ3) is 6.03. The van der Waals surface area contributed by atoms with Gasteiger partial charge in [-0.1, -0.05) is 0 Å². The van der Waals surface area contributed by atoms with Crippen molar-refractivity contribution in [2.75, 3.05) is 19.7 Å². The van der Waals surface area contributed by atoms with Crippen molar-refractivity contribution in [2.45, 2.75) is 26.0 Å². The number of aliphatic hydroxyl groups is 1. The van der Waals surface area contributed by atoms with Gasteiger partial charge in [-0.15, -0.1) is 0 Å². The van der Waals surface area contributed by atoms with Crippen LogP contribution in [0.1, 0.15) is 13.3 Å². The maximum absolute atomic E-state index is 11.0. The van der Waals surface area contributed by atoms with Crippen molar-refractivity contribution in [3.8, 4) is 0 Å². The van der Waals surface area contributed by atoms with Crippen LogP contribution in [0.25, 0.3) is 0 Å². The van der Waals surface area contributed by atoms with Crippen LogP contribution >= 0.6 is 0 Å². The minimum absolute atomic E-state index is 0.0304. The molecule has 1 heterocycles. The van der Waals surface area contributed by atoms with Gasteiger partial charge in [0.15, 0.2) is 0 Å². The molecule has 96 valence electrons. The van der Waals surface area contributed by atoms with Crippen LogP contribution in [0.3, 0.4) is 0 Å². The smallest absolute Gasteiger partial charge is 0.308 e. The molecule has 1 unspecified atom stereocenters. The number of nitrogens with zero attached hydrogens (tertiary/aromatic N) is 2. The molecule has 0 bridgehead atoms. The molecule has 0 amide bonds. The van der Waals surface area contributed by atoms with Gasteiger partial charge < -0.3 is 15.2 Å². The van der Waals surface area contributed by atoms with Gasteiger partial charge in [0.25, 0.3) is 0 Å². The summed E-state index contributed by atoms with van der Waals surface area (Å²) in [5.41, 5.74) is 0. The number of nitrogens with one attached hydrogen (secondary N) is 1. The molecule has 0 aliphatic rings. The number of ether oxygens (including phenoxy) is 1. The molecule has 1 rings (SSSR count). The number of esters is 1. The fraction of sp³-hybridized carbons (Fsp3) is 0.636. The molecule has 0 aliphatic heterocycles. The highest BCUT2D eigenvalue weighted by Crippen LogP contribution is 1.93. The molecular formula is C11H19N3O3. The average molecular weight is 241 g/mol. The zero-order valence-corrected chi connectivity index (χ0v) is 10.0. The monoisotopic (exact) mass is 241 g/mol. The van der Waals surface area contributed by atoms with Crippen LogP contribution in [0, 0.1) is 0 Å². The summed E-state index contributed by atoms with van der Waals surface area (Å²) in [5.74, 6) is -0.367. The first-order valence-electron chi connectivity index (χ1n) is 5.74. The maximum atomic E-state index is 11.0. The third-order valence-corrected chi connectivity index (χ3v) is 2.16. The fourth-order valence-electron chi connectivity index (χ4n) is 1.38. The van der Waals surface area contributed by atoms with Gasteiger partial charge in [-0.05, 0) is 13.0 Å². The van der Waals surface area contributed by atoms with Crippen molar-refractivity contribution in [3.63, 3.8) is 0 Å². The predicted octanol–water partition coefficient (Wildman–Crippen LogP) is -0.213. The van der Waals surface area contributed by atoms with Crippen LogP contribution in [0.15, 0.2) is 18.5 Å². The Bertz CT molecular complexity index is 314. The first-order chi connectivity index (χ1) is 8.22.